The highest BCUT2D eigenvalue weighted by Gasteiger charge is 2.26. The minimum atomic E-state index is -0.133. The van der Waals surface area contributed by atoms with Crippen molar-refractivity contribution in [2.45, 2.75) is 39.7 Å². The van der Waals surface area contributed by atoms with Crippen LogP contribution in [0, 0.1) is 11.8 Å². The Morgan fingerprint density at radius 2 is 1.81 bits per heavy atom. The number of carbonyl (C=O) groups excluding carboxylic acids is 2. The number of piperidine rings is 1. The molecule has 0 spiro atoms. The molecule has 26 heavy (non-hydrogen) atoms. The van der Waals surface area contributed by atoms with Crippen LogP contribution >= 0.6 is 0 Å². The fourth-order valence-electron chi connectivity index (χ4n) is 3.51. The summed E-state index contributed by atoms with van der Waals surface area (Å²) in [7, 11) is 1.67. The number of likely N-dealkylation sites (tertiary alicyclic amines) is 1. The van der Waals surface area contributed by atoms with Crippen molar-refractivity contribution in [2.24, 2.45) is 11.8 Å². The molecule has 0 aliphatic carbocycles. The average Bonchev–Trinajstić information content (AvgIpc) is 2.63. The van der Waals surface area contributed by atoms with Gasteiger partial charge in [-0.3, -0.25) is 14.5 Å². The van der Waals surface area contributed by atoms with Crippen molar-refractivity contribution in [1.82, 2.24) is 15.1 Å². The summed E-state index contributed by atoms with van der Waals surface area (Å²) in [4.78, 5) is 28.6. The molecule has 1 aliphatic rings. The summed E-state index contributed by atoms with van der Waals surface area (Å²) in [5.74, 6) is 1.04. The monoisotopic (exact) mass is 359 g/mol. The number of carbonyl (C=O) groups is 2. The molecule has 1 aromatic carbocycles. The van der Waals surface area contributed by atoms with Gasteiger partial charge in [-0.15, -0.1) is 0 Å². The van der Waals surface area contributed by atoms with Crippen LogP contribution in [0.1, 0.15) is 44.0 Å². The van der Waals surface area contributed by atoms with Gasteiger partial charge in [0.25, 0.3) is 5.91 Å². The largest absolute Gasteiger partial charge is 0.353 e. The van der Waals surface area contributed by atoms with E-state index in [0.29, 0.717) is 24.1 Å². The predicted octanol–water partition coefficient (Wildman–Crippen LogP) is 2.63. The molecule has 1 heterocycles. The van der Waals surface area contributed by atoms with Gasteiger partial charge in [0, 0.05) is 25.2 Å². The number of hydrogen-bond acceptors (Lipinski definition) is 3. The summed E-state index contributed by atoms with van der Waals surface area (Å²) in [6.45, 7) is 9.65. The van der Waals surface area contributed by atoms with Gasteiger partial charge in [0.05, 0.1) is 6.54 Å². The third-order valence-electron chi connectivity index (χ3n) is 5.31. The highest BCUT2D eigenvalue weighted by Crippen LogP contribution is 2.21. The second-order valence-corrected chi connectivity index (χ2v) is 7.86. The van der Waals surface area contributed by atoms with Gasteiger partial charge in [0.1, 0.15) is 0 Å². The fraction of sp³-hybridized carbons (Fsp3) is 0.619. The summed E-state index contributed by atoms with van der Waals surface area (Å²) in [5.41, 5.74) is 0.602. The van der Waals surface area contributed by atoms with Crippen molar-refractivity contribution < 1.29 is 9.59 Å². The Morgan fingerprint density at radius 1 is 1.19 bits per heavy atom. The maximum atomic E-state index is 12.3. The Morgan fingerprint density at radius 3 is 2.38 bits per heavy atom. The number of hydrogen-bond donors (Lipinski definition) is 1. The van der Waals surface area contributed by atoms with Crippen molar-refractivity contribution in [3.05, 3.63) is 35.9 Å². The molecule has 5 heteroatoms. The lowest BCUT2D eigenvalue weighted by Crippen LogP contribution is -2.50. The summed E-state index contributed by atoms with van der Waals surface area (Å²) >= 11 is 0. The molecular weight excluding hydrogens is 326 g/mol. The van der Waals surface area contributed by atoms with E-state index in [4.69, 9.17) is 0 Å². The van der Waals surface area contributed by atoms with Gasteiger partial charge in [-0.2, -0.15) is 0 Å². The zero-order valence-corrected chi connectivity index (χ0v) is 16.6. The quantitative estimate of drug-likeness (QED) is 0.814. The molecule has 2 rings (SSSR count). The number of nitrogens with zero attached hydrogens (tertiary/aromatic N) is 2. The van der Waals surface area contributed by atoms with Crippen molar-refractivity contribution in [3.63, 3.8) is 0 Å². The van der Waals surface area contributed by atoms with Crippen LogP contribution in [0.3, 0.4) is 0 Å². The normalized spacial score (nSPS) is 17.1. The van der Waals surface area contributed by atoms with Crippen LogP contribution in [0.25, 0.3) is 0 Å². The van der Waals surface area contributed by atoms with Crippen LogP contribution in [0.2, 0.25) is 0 Å². The average molecular weight is 360 g/mol. The molecule has 2 amide bonds. The zero-order valence-electron chi connectivity index (χ0n) is 16.6. The Bertz CT molecular complexity index is 580. The highest BCUT2D eigenvalue weighted by atomic mass is 16.2. The Balaban J connectivity index is 1.83. The van der Waals surface area contributed by atoms with E-state index < -0.39 is 0 Å². The standard InChI is InChI=1S/C21H33N3O2/c1-16(2)19(24-12-10-17(3)11-13-24)14-22-20(25)15-23(4)21(26)18-8-6-5-7-9-18/h5-9,16-17,19H,10-15H2,1-4H3,(H,22,25). The van der Waals surface area contributed by atoms with Gasteiger partial charge in [0.15, 0.2) is 0 Å². The van der Waals surface area contributed by atoms with Crippen molar-refractivity contribution in [1.29, 1.82) is 0 Å². The number of likely N-dealkylation sites (N-methyl/N-ethyl adjacent to an activating group) is 1. The smallest absolute Gasteiger partial charge is 0.254 e. The number of rotatable bonds is 7. The van der Waals surface area contributed by atoms with Crippen LogP contribution in [0.5, 0.6) is 0 Å². The molecule has 144 valence electrons. The van der Waals surface area contributed by atoms with Gasteiger partial charge in [-0.05, 0) is 49.9 Å². The first-order valence-corrected chi connectivity index (χ1v) is 9.69. The predicted molar refractivity (Wildman–Crippen MR) is 105 cm³/mol. The van der Waals surface area contributed by atoms with E-state index in [9.17, 15) is 9.59 Å². The number of benzene rings is 1. The summed E-state index contributed by atoms with van der Waals surface area (Å²) in [6.07, 6.45) is 2.46. The van der Waals surface area contributed by atoms with Crippen molar-refractivity contribution in [2.75, 3.05) is 33.2 Å². The van der Waals surface area contributed by atoms with E-state index in [1.165, 1.54) is 17.7 Å². The maximum Gasteiger partial charge on any atom is 0.254 e. The molecule has 1 aliphatic heterocycles. The minimum absolute atomic E-state index is 0.0789. The second-order valence-electron chi connectivity index (χ2n) is 7.86. The first-order chi connectivity index (χ1) is 12.4. The van der Waals surface area contributed by atoms with Gasteiger partial charge in [-0.25, -0.2) is 0 Å². The molecule has 1 atom stereocenters. The molecule has 1 N–H and O–H groups in total. The molecule has 1 unspecified atom stereocenters. The third kappa shape index (κ3) is 5.84. The van der Waals surface area contributed by atoms with Crippen LogP contribution in [0.15, 0.2) is 30.3 Å². The molecule has 1 saturated heterocycles. The van der Waals surface area contributed by atoms with Crippen LogP contribution in [0.4, 0.5) is 0 Å². The Labute approximate surface area is 157 Å². The van der Waals surface area contributed by atoms with Gasteiger partial charge in [0.2, 0.25) is 5.91 Å². The molecule has 0 bridgehead atoms. The highest BCUT2D eigenvalue weighted by molar-refractivity contribution is 5.96. The molecule has 1 fully saturated rings. The lowest BCUT2D eigenvalue weighted by molar-refractivity contribution is -0.121. The lowest BCUT2D eigenvalue weighted by Gasteiger charge is -2.39. The fourth-order valence-corrected chi connectivity index (χ4v) is 3.51. The van der Waals surface area contributed by atoms with Crippen LogP contribution in [-0.4, -0.2) is 60.9 Å². The summed E-state index contributed by atoms with van der Waals surface area (Å²) < 4.78 is 0. The number of amides is 2. The first-order valence-electron chi connectivity index (χ1n) is 9.69. The van der Waals surface area contributed by atoms with Gasteiger partial charge in [-0.1, -0.05) is 39.0 Å². The van der Waals surface area contributed by atoms with E-state index in [-0.39, 0.29) is 18.4 Å². The summed E-state index contributed by atoms with van der Waals surface area (Å²) in [5, 5.41) is 3.04. The van der Waals surface area contributed by atoms with Gasteiger partial charge >= 0.3 is 0 Å². The van der Waals surface area contributed by atoms with Crippen molar-refractivity contribution in [3.8, 4) is 0 Å². The molecule has 5 nitrogen and oxygen atoms in total. The summed E-state index contributed by atoms with van der Waals surface area (Å²) in [6, 6.07) is 9.41. The SMILES string of the molecule is CC1CCN(C(CNC(=O)CN(C)C(=O)c2ccccc2)C(C)C)CC1. The lowest BCUT2D eigenvalue weighted by atomic mass is 9.94. The maximum absolute atomic E-state index is 12.3. The number of nitrogens with one attached hydrogen (secondary N) is 1. The van der Waals surface area contributed by atoms with Gasteiger partial charge < -0.3 is 10.2 Å². The second kappa shape index (κ2) is 9.72. The van der Waals surface area contributed by atoms with E-state index in [1.807, 2.05) is 18.2 Å². The zero-order chi connectivity index (χ0) is 19.1. The first kappa shape index (κ1) is 20.4. The Hall–Kier alpha value is -1.88. The van der Waals surface area contributed by atoms with E-state index >= 15 is 0 Å². The molecule has 0 radical (unpaired) electrons. The minimum Gasteiger partial charge on any atom is -0.353 e. The molecular formula is C21H33N3O2. The Kier molecular flexibility index (Phi) is 7.64. The third-order valence-corrected chi connectivity index (χ3v) is 5.31. The molecule has 0 aromatic heterocycles. The molecule has 1 aromatic rings. The molecule has 0 saturated carbocycles. The van der Waals surface area contributed by atoms with Crippen LogP contribution in [-0.2, 0) is 4.79 Å². The van der Waals surface area contributed by atoms with E-state index in [1.54, 1.807) is 19.2 Å². The van der Waals surface area contributed by atoms with Crippen LogP contribution < -0.4 is 5.32 Å². The van der Waals surface area contributed by atoms with E-state index in [2.05, 4.69) is 31.0 Å². The topological polar surface area (TPSA) is 52.7 Å². The van der Waals surface area contributed by atoms with Crippen molar-refractivity contribution >= 4 is 11.8 Å². The van der Waals surface area contributed by atoms with E-state index in [0.717, 1.165) is 19.0 Å².